The summed E-state index contributed by atoms with van der Waals surface area (Å²) in [6.45, 7) is 0. The average molecular weight is 825 g/mol. The largest absolute Gasteiger partial charge is 0.452 e. The maximum Gasteiger partial charge on any atom is 0.180 e. The summed E-state index contributed by atoms with van der Waals surface area (Å²) in [6.07, 6.45) is 0. The topological polar surface area (TPSA) is 82.5 Å². The van der Waals surface area contributed by atoms with Gasteiger partial charge in [0.1, 0.15) is 16.8 Å². The molecule has 5 aromatic heterocycles. The van der Waals surface area contributed by atoms with E-state index >= 15 is 0 Å². The van der Waals surface area contributed by atoms with Crippen molar-refractivity contribution in [3.05, 3.63) is 194 Å². The maximum absolute atomic E-state index is 6.63. The Balaban J connectivity index is 1.02. The van der Waals surface area contributed by atoms with E-state index in [0.29, 0.717) is 28.9 Å². The van der Waals surface area contributed by atoms with E-state index in [2.05, 4.69) is 120 Å². The van der Waals surface area contributed by atoms with Gasteiger partial charge in [0, 0.05) is 69.8 Å². The molecule has 294 valence electrons. The van der Waals surface area contributed by atoms with E-state index in [4.69, 9.17) is 29.3 Å². The van der Waals surface area contributed by atoms with Crippen LogP contribution in [0.5, 0.6) is 0 Å². The number of aromatic nitrogens is 6. The van der Waals surface area contributed by atoms with Gasteiger partial charge in [0.15, 0.2) is 28.9 Å². The molecule has 63 heavy (non-hydrogen) atoms. The van der Waals surface area contributed by atoms with Crippen molar-refractivity contribution in [2.75, 3.05) is 0 Å². The molecule has 0 atom stereocenters. The number of thiophene rings is 1. The lowest BCUT2D eigenvalue weighted by molar-refractivity contribution is 0.667. The fourth-order valence-corrected chi connectivity index (χ4v) is 10.1. The number of para-hydroxylation sites is 3. The highest BCUT2D eigenvalue weighted by Gasteiger charge is 2.22. The van der Waals surface area contributed by atoms with Crippen LogP contribution in [0.3, 0.4) is 0 Å². The molecule has 0 unspecified atom stereocenters. The Morgan fingerprint density at radius 1 is 0.397 bits per heavy atom. The number of fused-ring (bicyclic) bond motifs is 9. The molecule has 0 aliphatic heterocycles. The molecule has 0 spiro atoms. The molecule has 0 aliphatic carbocycles. The SMILES string of the molecule is c1ccc(-c2nc(-c3ccccc3)nc(-c3cccc4sc5ccc(-c6nc(-c7ccc8c9ccccc9n(-c9ccccc9)c8c7)c7oc8ccccc8c7n6)cc5c34)n2)cc1. The van der Waals surface area contributed by atoms with Gasteiger partial charge < -0.3 is 8.98 Å². The van der Waals surface area contributed by atoms with Crippen LogP contribution in [-0.2, 0) is 0 Å². The van der Waals surface area contributed by atoms with Gasteiger partial charge in [-0.25, -0.2) is 24.9 Å². The number of hydrogen-bond acceptors (Lipinski definition) is 7. The Bertz CT molecular complexity index is 3860. The second kappa shape index (κ2) is 14.1. The minimum atomic E-state index is 0.615. The van der Waals surface area contributed by atoms with Gasteiger partial charge in [0.2, 0.25) is 0 Å². The Labute approximate surface area is 364 Å². The zero-order chi connectivity index (χ0) is 41.4. The van der Waals surface area contributed by atoms with Crippen molar-refractivity contribution in [1.82, 2.24) is 29.5 Å². The highest BCUT2D eigenvalue weighted by Crippen LogP contribution is 2.43. The molecule has 8 heteroatoms. The summed E-state index contributed by atoms with van der Waals surface area (Å²) >= 11 is 1.75. The average Bonchev–Trinajstić information content (AvgIpc) is 4.03. The van der Waals surface area contributed by atoms with Crippen molar-refractivity contribution < 1.29 is 4.42 Å². The zero-order valence-electron chi connectivity index (χ0n) is 33.5. The standard InChI is InChI=1S/C55H32N6OS/c1-4-15-33(16-5-1)52-58-53(34-17-6-2-7-18-34)60-55(59-52)41-23-14-26-47-48(41)42-31-36(28-30-46(42)63-47)54-56-49(51-50(57-54)40-22-11-13-25-45(40)62-51)35-27-29-39-38-21-10-12-24-43(38)61(44(39)32-35)37-19-8-3-9-20-37/h1-32H. The molecule has 0 saturated heterocycles. The van der Waals surface area contributed by atoms with Crippen molar-refractivity contribution in [3.63, 3.8) is 0 Å². The third-order valence-corrected chi connectivity index (χ3v) is 13.0. The number of benzene rings is 8. The fourth-order valence-electron chi connectivity index (χ4n) is 8.97. The summed E-state index contributed by atoms with van der Waals surface area (Å²) in [7, 11) is 0. The molecule has 0 fully saturated rings. The minimum absolute atomic E-state index is 0.615. The molecule has 0 radical (unpaired) electrons. The van der Waals surface area contributed by atoms with E-state index in [-0.39, 0.29) is 0 Å². The van der Waals surface area contributed by atoms with Crippen LogP contribution in [0.4, 0.5) is 0 Å². The van der Waals surface area contributed by atoms with Crippen molar-refractivity contribution in [3.8, 4) is 62.5 Å². The first-order chi connectivity index (χ1) is 31.2. The van der Waals surface area contributed by atoms with Crippen molar-refractivity contribution in [2.45, 2.75) is 0 Å². The Morgan fingerprint density at radius 2 is 1.03 bits per heavy atom. The van der Waals surface area contributed by atoms with Crippen LogP contribution in [0.15, 0.2) is 199 Å². The van der Waals surface area contributed by atoms with Gasteiger partial charge in [0.25, 0.3) is 0 Å². The van der Waals surface area contributed by atoms with Gasteiger partial charge in [-0.05, 0) is 60.7 Å². The second-order valence-electron chi connectivity index (χ2n) is 15.6. The molecular formula is C55H32N6OS. The van der Waals surface area contributed by atoms with Crippen molar-refractivity contribution >= 4 is 75.4 Å². The summed E-state index contributed by atoms with van der Waals surface area (Å²) < 4.78 is 11.3. The Kier molecular flexibility index (Phi) is 7.94. The maximum atomic E-state index is 6.63. The van der Waals surface area contributed by atoms with E-state index in [9.17, 15) is 0 Å². The number of hydrogen-bond donors (Lipinski definition) is 0. The van der Waals surface area contributed by atoms with Gasteiger partial charge in [-0.15, -0.1) is 11.3 Å². The van der Waals surface area contributed by atoms with E-state index in [1.807, 2.05) is 78.9 Å². The van der Waals surface area contributed by atoms with E-state index in [1.54, 1.807) is 11.3 Å². The number of furan rings is 1. The lowest BCUT2D eigenvalue weighted by atomic mass is 10.0. The Hall–Kier alpha value is -8.33. The fraction of sp³-hybridized carbons (Fsp3) is 0. The van der Waals surface area contributed by atoms with Gasteiger partial charge in [-0.1, -0.05) is 133 Å². The molecule has 0 bridgehead atoms. The molecular weight excluding hydrogens is 793 g/mol. The van der Waals surface area contributed by atoms with Crippen LogP contribution in [-0.4, -0.2) is 29.5 Å². The summed E-state index contributed by atoms with van der Waals surface area (Å²) in [5, 5.41) is 5.48. The molecule has 7 nitrogen and oxygen atoms in total. The quantitative estimate of drug-likeness (QED) is 0.166. The third-order valence-electron chi connectivity index (χ3n) is 11.9. The van der Waals surface area contributed by atoms with Gasteiger partial charge >= 0.3 is 0 Å². The summed E-state index contributed by atoms with van der Waals surface area (Å²) in [5.41, 5.74) is 10.9. The molecule has 5 heterocycles. The first-order valence-electron chi connectivity index (χ1n) is 20.8. The van der Waals surface area contributed by atoms with E-state index in [1.165, 1.54) is 10.8 Å². The third kappa shape index (κ3) is 5.76. The predicted molar refractivity (Wildman–Crippen MR) is 257 cm³/mol. The van der Waals surface area contributed by atoms with Crippen LogP contribution >= 0.6 is 11.3 Å². The molecule has 0 amide bonds. The molecule has 0 aliphatic rings. The molecule has 13 rings (SSSR count). The van der Waals surface area contributed by atoms with Gasteiger partial charge in [-0.2, -0.15) is 0 Å². The highest BCUT2D eigenvalue weighted by atomic mass is 32.1. The van der Waals surface area contributed by atoms with Crippen LogP contribution < -0.4 is 0 Å². The second-order valence-corrected chi connectivity index (χ2v) is 16.7. The Morgan fingerprint density at radius 3 is 1.81 bits per heavy atom. The first kappa shape index (κ1) is 35.4. The van der Waals surface area contributed by atoms with Crippen molar-refractivity contribution in [2.24, 2.45) is 0 Å². The monoisotopic (exact) mass is 824 g/mol. The smallest absolute Gasteiger partial charge is 0.180 e. The molecule has 13 aromatic rings. The summed E-state index contributed by atoms with van der Waals surface area (Å²) in [6, 6.07) is 66.9. The lowest BCUT2D eigenvalue weighted by Gasteiger charge is -2.10. The zero-order valence-corrected chi connectivity index (χ0v) is 34.3. The molecule has 8 aromatic carbocycles. The van der Waals surface area contributed by atoms with Gasteiger partial charge in [0.05, 0.1) is 11.0 Å². The van der Waals surface area contributed by atoms with Crippen LogP contribution in [0.1, 0.15) is 0 Å². The summed E-state index contributed by atoms with van der Waals surface area (Å²) in [4.78, 5) is 25.9. The lowest BCUT2D eigenvalue weighted by Crippen LogP contribution is -2.00. The summed E-state index contributed by atoms with van der Waals surface area (Å²) in [5.74, 6) is 2.48. The highest BCUT2D eigenvalue weighted by molar-refractivity contribution is 7.26. The first-order valence-corrected chi connectivity index (χ1v) is 21.6. The molecule has 0 N–H and O–H groups in total. The van der Waals surface area contributed by atoms with Crippen LogP contribution in [0.25, 0.3) is 127 Å². The van der Waals surface area contributed by atoms with Crippen molar-refractivity contribution in [1.29, 1.82) is 0 Å². The molecule has 0 saturated carbocycles. The van der Waals surface area contributed by atoms with E-state index in [0.717, 1.165) is 86.9 Å². The number of nitrogens with zero attached hydrogens (tertiary/aromatic N) is 6. The van der Waals surface area contributed by atoms with Crippen LogP contribution in [0, 0.1) is 0 Å². The van der Waals surface area contributed by atoms with Gasteiger partial charge in [-0.3, -0.25) is 0 Å². The van der Waals surface area contributed by atoms with E-state index < -0.39 is 0 Å². The normalized spacial score (nSPS) is 11.8. The number of rotatable bonds is 6. The predicted octanol–water partition coefficient (Wildman–Crippen LogP) is 14.4. The van der Waals surface area contributed by atoms with Crippen LogP contribution in [0.2, 0.25) is 0 Å². The minimum Gasteiger partial charge on any atom is -0.452 e.